The van der Waals surface area contributed by atoms with Crippen molar-refractivity contribution in [2.75, 3.05) is 39.1 Å². The highest BCUT2D eigenvalue weighted by Crippen LogP contribution is 2.23. The van der Waals surface area contributed by atoms with Crippen molar-refractivity contribution < 1.29 is 5.11 Å². The fraction of sp³-hybridized carbons (Fsp3) is 0.500. The Hall–Kier alpha value is -0.580. The Morgan fingerprint density at radius 2 is 1.88 bits per heavy atom. The summed E-state index contributed by atoms with van der Waals surface area (Å²) in [4.78, 5) is 4.36. The van der Waals surface area contributed by atoms with Crippen LogP contribution in [0.5, 0.6) is 0 Å². The number of nitrogens with zero attached hydrogens (tertiary/aromatic N) is 2. The van der Waals surface area contributed by atoms with Crippen molar-refractivity contribution >= 4 is 21.6 Å². The summed E-state index contributed by atoms with van der Waals surface area (Å²) in [6, 6.07) is 6.03. The molecule has 0 aliphatic carbocycles. The number of aliphatic hydroxyl groups excluding tert-OH is 1. The highest BCUT2D eigenvalue weighted by Gasteiger charge is 2.04. The molecule has 90 valence electrons. The predicted molar refractivity (Wildman–Crippen MR) is 71.9 cm³/mol. The second-order valence-electron chi connectivity index (χ2n) is 4.16. The predicted octanol–water partition coefficient (Wildman–Crippen LogP) is 1.94. The first-order valence-electron chi connectivity index (χ1n) is 5.29. The molecule has 0 atom stereocenters. The third-order valence-electron chi connectivity index (χ3n) is 2.53. The zero-order valence-electron chi connectivity index (χ0n) is 10.1. The van der Waals surface area contributed by atoms with Gasteiger partial charge in [0.1, 0.15) is 0 Å². The number of hydrogen-bond acceptors (Lipinski definition) is 3. The molecule has 0 aromatic heterocycles. The molecule has 0 radical (unpaired) electrons. The smallest absolute Gasteiger partial charge is 0.0692 e. The van der Waals surface area contributed by atoms with Gasteiger partial charge in [0.25, 0.3) is 0 Å². The first-order valence-corrected chi connectivity index (χ1v) is 6.09. The lowest BCUT2D eigenvalue weighted by Gasteiger charge is -2.22. The van der Waals surface area contributed by atoms with Gasteiger partial charge in [0.05, 0.1) is 6.61 Å². The van der Waals surface area contributed by atoms with Gasteiger partial charge in [0.15, 0.2) is 0 Å². The molecular formula is C12H19BrN2O. The molecule has 1 N–H and O–H groups in total. The van der Waals surface area contributed by atoms with E-state index in [0.717, 1.165) is 28.8 Å². The second kappa shape index (κ2) is 6.23. The number of benzene rings is 1. The maximum Gasteiger partial charge on any atom is 0.0692 e. The number of hydrogen-bond donors (Lipinski definition) is 1. The number of halogens is 1. The van der Waals surface area contributed by atoms with Crippen molar-refractivity contribution in [3.05, 3.63) is 28.2 Å². The van der Waals surface area contributed by atoms with E-state index in [1.54, 1.807) is 0 Å². The summed E-state index contributed by atoms with van der Waals surface area (Å²) < 4.78 is 0.962. The summed E-state index contributed by atoms with van der Waals surface area (Å²) in [7, 11) is 6.21. The Bertz CT molecular complexity index is 342. The number of rotatable bonds is 5. The minimum absolute atomic E-state index is 0.0717. The summed E-state index contributed by atoms with van der Waals surface area (Å²) in [5, 5.41) is 9.07. The Morgan fingerprint density at radius 1 is 1.19 bits per heavy atom. The molecule has 0 amide bonds. The van der Waals surface area contributed by atoms with Gasteiger partial charge < -0.3 is 14.9 Å². The Kier molecular flexibility index (Phi) is 5.25. The average Bonchev–Trinajstić information content (AvgIpc) is 2.25. The molecule has 0 aliphatic heterocycles. The summed E-state index contributed by atoms with van der Waals surface area (Å²) in [6.07, 6.45) is 0. The van der Waals surface area contributed by atoms with Gasteiger partial charge in [-0.2, -0.15) is 0 Å². The van der Waals surface area contributed by atoms with Crippen LogP contribution in [0.15, 0.2) is 22.7 Å². The van der Waals surface area contributed by atoms with Gasteiger partial charge >= 0.3 is 0 Å². The topological polar surface area (TPSA) is 26.7 Å². The van der Waals surface area contributed by atoms with Crippen LogP contribution in [-0.2, 0) is 6.61 Å². The molecule has 0 heterocycles. The zero-order valence-corrected chi connectivity index (χ0v) is 11.7. The van der Waals surface area contributed by atoms with Gasteiger partial charge in [0, 0.05) is 30.3 Å². The van der Waals surface area contributed by atoms with Crippen molar-refractivity contribution in [3.8, 4) is 0 Å². The van der Waals surface area contributed by atoms with E-state index in [1.807, 2.05) is 18.2 Å². The van der Waals surface area contributed by atoms with E-state index in [1.165, 1.54) is 0 Å². The van der Waals surface area contributed by atoms with Gasteiger partial charge in [0.2, 0.25) is 0 Å². The van der Waals surface area contributed by atoms with Crippen LogP contribution in [0, 0.1) is 0 Å². The highest BCUT2D eigenvalue weighted by atomic mass is 79.9. The molecule has 1 rings (SSSR count). The van der Waals surface area contributed by atoms with Gasteiger partial charge in [-0.15, -0.1) is 0 Å². The van der Waals surface area contributed by atoms with Crippen molar-refractivity contribution in [3.63, 3.8) is 0 Å². The number of aliphatic hydroxyl groups is 1. The summed E-state index contributed by atoms with van der Waals surface area (Å²) in [6.45, 7) is 2.08. The van der Waals surface area contributed by atoms with Gasteiger partial charge in [-0.25, -0.2) is 0 Å². The molecule has 0 bridgehead atoms. The maximum absolute atomic E-state index is 9.07. The van der Waals surface area contributed by atoms with E-state index in [-0.39, 0.29) is 6.61 Å². The Labute approximate surface area is 106 Å². The third kappa shape index (κ3) is 3.77. The van der Waals surface area contributed by atoms with E-state index >= 15 is 0 Å². The van der Waals surface area contributed by atoms with E-state index in [0.29, 0.717) is 0 Å². The number of likely N-dealkylation sites (N-methyl/N-ethyl adjacent to an activating group) is 2. The molecule has 16 heavy (non-hydrogen) atoms. The van der Waals surface area contributed by atoms with Crippen LogP contribution in [0.1, 0.15) is 5.56 Å². The SMILES string of the molecule is CN(C)CCN(C)c1ccc(CO)c(Br)c1. The lowest BCUT2D eigenvalue weighted by molar-refractivity contribution is 0.281. The van der Waals surface area contributed by atoms with Crippen LogP contribution in [0.25, 0.3) is 0 Å². The normalized spacial score (nSPS) is 10.9. The molecule has 0 saturated heterocycles. The molecule has 3 nitrogen and oxygen atoms in total. The van der Waals surface area contributed by atoms with Crippen LogP contribution >= 0.6 is 15.9 Å². The first kappa shape index (κ1) is 13.5. The molecule has 4 heteroatoms. The van der Waals surface area contributed by atoms with E-state index in [2.05, 4.69) is 46.9 Å². The first-order chi connectivity index (χ1) is 7.54. The standard InChI is InChI=1S/C12H19BrN2O/c1-14(2)6-7-15(3)11-5-4-10(9-16)12(13)8-11/h4-5,8,16H,6-7,9H2,1-3H3. The minimum atomic E-state index is 0.0717. The van der Waals surface area contributed by atoms with Crippen molar-refractivity contribution in [1.82, 2.24) is 4.90 Å². The zero-order chi connectivity index (χ0) is 12.1. The van der Waals surface area contributed by atoms with E-state index in [9.17, 15) is 0 Å². The molecule has 0 aliphatic rings. The van der Waals surface area contributed by atoms with E-state index < -0.39 is 0 Å². The van der Waals surface area contributed by atoms with Gasteiger partial charge in [-0.1, -0.05) is 22.0 Å². The largest absolute Gasteiger partial charge is 0.392 e. The van der Waals surface area contributed by atoms with Crippen LogP contribution in [0.3, 0.4) is 0 Å². The minimum Gasteiger partial charge on any atom is -0.392 e. The monoisotopic (exact) mass is 286 g/mol. The summed E-state index contributed by atoms with van der Waals surface area (Å²) in [5.74, 6) is 0. The fourth-order valence-electron chi connectivity index (χ4n) is 1.38. The van der Waals surface area contributed by atoms with Crippen LogP contribution < -0.4 is 4.90 Å². The third-order valence-corrected chi connectivity index (χ3v) is 3.27. The van der Waals surface area contributed by atoms with Gasteiger partial charge in [-0.05, 0) is 31.8 Å². The lowest BCUT2D eigenvalue weighted by Crippen LogP contribution is -2.28. The van der Waals surface area contributed by atoms with Crippen LogP contribution in [0.4, 0.5) is 5.69 Å². The quantitative estimate of drug-likeness (QED) is 0.896. The van der Waals surface area contributed by atoms with Crippen LogP contribution in [-0.4, -0.2) is 44.2 Å². The van der Waals surface area contributed by atoms with Crippen molar-refractivity contribution in [2.24, 2.45) is 0 Å². The fourth-order valence-corrected chi connectivity index (χ4v) is 1.87. The van der Waals surface area contributed by atoms with Gasteiger partial charge in [-0.3, -0.25) is 0 Å². The summed E-state index contributed by atoms with van der Waals surface area (Å²) >= 11 is 3.46. The highest BCUT2D eigenvalue weighted by molar-refractivity contribution is 9.10. The maximum atomic E-state index is 9.07. The number of anilines is 1. The molecular weight excluding hydrogens is 268 g/mol. The average molecular weight is 287 g/mol. The summed E-state index contributed by atoms with van der Waals surface area (Å²) in [5.41, 5.74) is 2.08. The van der Waals surface area contributed by atoms with Crippen LogP contribution in [0.2, 0.25) is 0 Å². The molecule has 0 unspecified atom stereocenters. The lowest BCUT2D eigenvalue weighted by atomic mass is 10.2. The van der Waals surface area contributed by atoms with E-state index in [4.69, 9.17) is 5.11 Å². The molecule has 0 spiro atoms. The molecule has 0 saturated carbocycles. The Morgan fingerprint density at radius 3 is 2.38 bits per heavy atom. The Balaban J connectivity index is 2.69. The van der Waals surface area contributed by atoms with Crippen molar-refractivity contribution in [2.45, 2.75) is 6.61 Å². The molecule has 1 aromatic carbocycles. The second-order valence-corrected chi connectivity index (χ2v) is 5.01. The molecule has 1 aromatic rings. The van der Waals surface area contributed by atoms with Crippen molar-refractivity contribution in [1.29, 1.82) is 0 Å². The molecule has 0 fully saturated rings.